The third kappa shape index (κ3) is 6.22. The van der Waals surface area contributed by atoms with Crippen LogP contribution in [-0.4, -0.2) is 59.3 Å². The summed E-state index contributed by atoms with van der Waals surface area (Å²) in [6.07, 6.45) is 6.44. The number of amides is 1. The molecule has 2 N–H and O–H groups in total. The van der Waals surface area contributed by atoms with Gasteiger partial charge in [0.25, 0.3) is 0 Å². The van der Waals surface area contributed by atoms with Gasteiger partial charge in [0.05, 0.1) is 0 Å². The van der Waals surface area contributed by atoms with E-state index < -0.39 is 0 Å². The molecule has 0 saturated carbocycles. The number of carbonyl (C=O) groups is 1. The molecule has 1 unspecified atom stereocenters. The molecule has 24 heavy (non-hydrogen) atoms. The number of hydrogen-bond donors (Lipinski definition) is 2. The fourth-order valence-electron chi connectivity index (χ4n) is 2.79. The van der Waals surface area contributed by atoms with Crippen LogP contribution in [0.25, 0.3) is 0 Å². The van der Waals surface area contributed by atoms with Crippen molar-refractivity contribution in [3.05, 3.63) is 18.5 Å². The molecular weight excluding hydrogens is 304 g/mol. The Kier molecular flexibility index (Phi) is 7.58. The normalized spacial score (nSPS) is 16.5. The summed E-state index contributed by atoms with van der Waals surface area (Å²) in [7, 11) is 0. The van der Waals surface area contributed by atoms with Gasteiger partial charge in [-0.05, 0) is 31.7 Å². The van der Waals surface area contributed by atoms with E-state index >= 15 is 0 Å². The molecule has 2 heterocycles. The van der Waals surface area contributed by atoms with Crippen molar-refractivity contribution >= 4 is 11.9 Å². The topological polar surface area (TPSA) is 74.6 Å². The van der Waals surface area contributed by atoms with Crippen LogP contribution in [0.4, 0.5) is 0 Å². The van der Waals surface area contributed by atoms with Crippen molar-refractivity contribution < 1.29 is 4.79 Å². The highest BCUT2D eigenvalue weighted by atomic mass is 16.2. The van der Waals surface area contributed by atoms with E-state index in [2.05, 4.69) is 34.6 Å². The average Bonchev–Trinajstić information content (AvgIpc) is 3.21. The molecule has 0 bridgehead atoms. The number of carbonyl (C=O) groups excluding carboxylic acids is 1. The van der Waals surface area contributed by atoms with E-state index in [4.69, 9.17) is 0 Å². The number of rotatable bonds is 9. The zero-order valence-electron chi connectivity index (χ0n) is 14.9. The molecule has 1 atom stereocenters. The summed E-state index contributed by atoms with van der Waals surface area (Å²) in [5.74, 6) is 1.56. The second-order valence-electron chi connectivity index (χ2n) is 6.32. The first kappa shape index (κ1) is 18.3. The van der Waals surface area contributed by atoms with Crippen LogP contribution in [0.1, 0.15) is 33.1 Å². The molecule has 1 fully saturated rings. The van der Waals surface area contributed by atoms with Gasteiger partial charge >= 0.3 is 0 Å². The van der Waals surface area contributed by atoms with Crippen molar-refractivity contribution in [3.63, 3.8) is 0 Å². The number of aromatic nitrogens is 2. The fraction of sp³-hybridized carbons (Fsp3) is 0.706. The lowest BCUT2D eigenvalue weighted by Crippen LogP contribution is -2.39. The van der Waals surface area contributed by atoms with E-state index in [1.807, 2.05) is 21.8 Å². The number of hydrogen-bond acceptors (Lipinski definition) is 3. The number of likely N-dealkylation sites (tertiary alicyclic amines) is 1. The Morgan fingerprint density at radius 3 is 3.00 bits per heavy atom. The fourth-order valence-corrected chi connectivity index (χ4v) is 2.79. The van der Waals surface area contributed by atoms with E-state index in [1.165, 1.54) is 0 Å². The minimum atomic E-state index is 0.294. The van der Waals surface area contributed by atoms with Crippen molar-refractivity contribution in [2.75, 3.05) is 32.7 Å². The number of aliphatic imine (C=N–C) groups is 1. The van der Waals surface area contributed by atoms with Gasteiger partial charge in [-0.15, -0.1) is 0 Å². The molecule has 1 aliphatic rings. The van der Waals surface area contributed by atoms with Gasteiger partial charge in [-0.3, -0.25) is 14.5 Å². The smallest absolute Gasteiger partial charge is 0.222 e. The maximum atomic E-state index is 11.6. The average molecular weight is 334 g/mol. The van der Waals surface area contributed by atoms with Crippen LogP contribution in [0.15, 0.2) is 23.5 Å². The van der Waals surface area contributed by atoms with Gasteiger partial charge in [-0.25, -0.2) is 0 Å². The number of nitrogens with zero attached hydrogens (tertiary/aromatic N) is 4. The molecule has 1 aromatic rings. The lowest BCUT2D eigenvalue weighted by atomic mass is 10.2. The van der Waals surface area contributed by atoms with E-state index in [-0.39, 0.29) is 0 Å². The number of guanidine groups is 1. The molecule has 1 saturated heterocycles. The molecule has 134 valence electrons. The van der Waals surface area contributed by atoms with Crippen LogP contribution in [-0.2, 0) is 11.3 Å². The van der Waals surface area contributed by atoms with Crippen LogP contribution in [0.3, 0.4) is 0 Å². The zero-order chi connectivity index (χ0) is 17.2. The molecule has 2 rings (SSSR count). The maximum Gasteiger partial charge on any atom is 0.222 e. The second kappa shape index (κ2) is 9.95. The Hall–Kier alpha value is -2.05. The summed E-state index contributed by atoms with van der Waals surface area (Å²) >= 11 is 0. The lowest BCUT2D eigenvalue weighted by Gasteiger charge is -2.17. The molecule has 1 amide bonds. The van der Waals surface area contributed by atoms with Gasteiger partial charge in [0.1, 0.15) is 0 Å². The van der Waals surface area contributed by atoms with E-state index in [0.29, 0.717) is 18.2 Å². The highest BCUT2D eigenvalue weighted by Crippen LogP contribution is 2.09. The summed E-state index contributed by atoms with van der Waals surface area (Å²) in [6.45, 7) is 9.26. The molecule has 0 spiro atoms. The standard InChI is InChI=1S/C17H30N6O/c1-3-18-17(19-8-5-11-22-10-4-7-16(22)24)20-13-15(2)14-23-12-6-9-21-23/h6,9,12,15H,3-5,7-8,10-11,13-14H2,1-2H3,(H2,18,19,20). The minimum Gasteiger partial charge on any atom is -0.357 e. The zero-order valence-corrected chi connectivity index (χ0v) is 14.9. The van der Waals surface area contributed by atoms with Gasteiger partial charge in [0.2, 0.25) is 5.91 Å². The first-order valence-electron chi connectivity index (χ1n) is 8.96. The van der Waals surface area contributed by atoms with Crippen LogP contribution in [0.5, 0.6) is 0 Å². The first-order chi connectivity index (χ1) is 11.7. The number of nitrogens with one attached hydrogen (secondary N) is 2. The van der Waals surface area contributed by atoms with Crippen molar-refractivity contribution in [1.29, 1.82) is 0 Å². The monoisotopic (exact) mass is 334 g/mol. The predicted molar refractivity (Wildman–Crippen MR) is 95.8 cm³/mol. The van der Waals surface area contributed by atoms with Crippen molar-refractivity contribution in [2.45, 2.75) is 39.7 Å². The first-order valence-corrected chi connectivity index (χ1v) is 8.96. The third-order valence-corrected chi connectivity index (χ3v) is 4.03. The van der Waals surface area contributed by atoms with Gasteiger partial charge in [0.15, 0.2) is 5.96 Å². The summed E-state index contributed by atoms with van der Waals surface area (Å²) in [6, 6.07) is 1.94. The van der Waals surface area contributed by atoms with Gasteiger partial charge in [-0.1, -0.05) is 6.92 Å². The highest BCUT2D eigenvalue weighted by Gasteiger charge is 2.18. The van der Waals surface area contributed by atoms with E-state index in [1.54, 1.807) is 6.20 Å². The summed E-state index contributed by atoms with van der Waals surface area (Å²) in [4.78, 5) is 18.2. The predicted octanol–water partition coefficient (Wildman–Crippen LogP) is 1.09. The SMILES string of the molecule is CCNC(=NCC(C)Cn1cccn1)NCCCN1CCCC1=O. The largest absolute Gasteiger partial charge is 0.357 e. The summed E-state index contributed by atoms with van der Waals surface area (Å²) in [5.41, 5.74) is 0. The van der Waals surface area contributed by atoms with Crippen molar-refractivity contribution in [2.24, 2.45) is 10.9 Å². The molecule has 0 radical (unpaired) electrons. The van der Waals surface area contributed by atoms with Crippen molar-refractivity contribution in [3.8, 4) is 0 Å². The molecule has 7 nitrogen and oxygen atoms in total. The van der Waals surface area contributed by atoms with Gasteiger partial charge in [0, 0.05) is 58.1 Å². The Morgan fingerprint density at radius 2 is 2.33 bits per heavy atom. The highest BCUT2D eigenvalue weighted by molar-refractivity contribution is 5.79. The van der Waals surface area contributed by atoms with E-state index in [0.717, 1.165) is 58.1 Å². The van der Waals surface area contributed by atoms with Crippen LogP contribution < -0.4 is 10.6 Å². The van der Waals surface area contributed by atoms with Gasteiger partial charge in [-0.2, -0.15) is 5.10 Å². The molecule has 1 aliphatic heterocycles. The summed E-state index contributed by atoms with van der Waals surface area (Å²) in [5, 5.41) is 10.9. The lowest BCUT2D eigenvalue weighted by molar-refractivity contribution is -0.127. The van der Waals surface area contributed by atoms with Crippen molar-refractivity contribution in [1.82, 2.24) is 25.3 Å². The van der Waals surface area contributed by atoms with Crippen LogP contribution in [0.2, 0.25) is 0 Å². The Labute approximate surface area is 144 Å². The van der Waals surface area contributed by atoms with Crippen LogP contribution >= 0.6 is 0 Å². The Bertz CT molecular complexity index is 513. The quantitative estimate of drug-likeness (QED) is 0.403. The Morgan fingerprint density at radius 1 is 1.46 bits per heavy atom. The molecule has 0 aliphatic carbocycles. The molecule has 1 aromatic heterocycles. The summed E-state index contributed by atoms with van der Waals surface area (Å²) < 4.78 is 1.94. The molecule has 0 aromatic carbocycles. The van der Waals surface area contributed by atoms with Gasteiger partial charge < -0.3 is 15.5 Å². The minimum absolute atomic E-state index is 0.294. The van der Waals surface area contributed by atoms with Crippen LogP contribution in [0, 0.1) is 5.92 Å². The Balaban J connectivity index is 1.68. The third-order valence-electron chi connectivity index (χ3n) is 4.03. The van der Waals surface area contributed by atoms with E-state index in [9.17, 15) is 4.79 Å². The second-order valence-corrected chi connectivity index (χ2v) is 6.32. The molecule has 7 heteroatoms. The maximum absolute atomic E-state index is 11.6. The molecular formula is C17H30N6O.